The number of unbranched alkanes of at least 4 members (excludes halogenated alkanes) is 5. The maximum absolute atomic E-state index is 12.4. The summed E-state index contributed by atoms with van der Waals surface area (Å²) < 4.78 is 0. The largest absolute Gasteiger partial charge is 0.341 e. The molecule has 0 aliphatic carbocycles. The number of carbonyl (C=O) groups excluding carboxylic acids is 1. The Morgan fingerprint density at radius 2 is 2.11 bits per heavy atom. The van der Waals surface area contributed by atoms with Gasteiger partial charge < -0.3 is 20.7 Å². The average molecular weight is 380 g/mol. The van der Waals surface area contributed by atoms with Gasteiger partial charge in [0.25, 0.3) is 0 Å². The number of amides is 2. The van der Waals surface area contributed by atoms with E-state index in [0.29, 0.717) is 19.5 Å². The Balaban J connectivity index is 2.12. The van der Waals surface area contributed by atoms with Gasteiger partial charge in [0, 0.05) is 45.0 Å². The molecule has 2 aliphatic heterocycles. The Labute approximate surface area is 163 Å². The fourth-order valence-electron chi connectivity index (χ4n) is 4.25. The van der Waals surface area contributed by atoms with Gasteiger partial charge in [-0.3, -0.25) is 4.99 Å². The second kappa shape index (κ2) is 10.8. The van der Waals surface area contributed by atoms with E-state index in [2.05, 4.69) is 28.0 Å². The zero-order valence-corrected chi connectivity index (χ0v) is 17.2. The number of piperazine rings is 1. The third-order valence-electron chi connectivity index (χ3n) is 6.02. The molecule has 0 aromatic heterocycles. The molecule has 2 amide bonds. The molecule has 0 saturated carbocycles. The summed E-state index contributed by atoms with van der Waals surface area (Å²) in [5.74, 6) is 0. The van der Waals surface area contributed by atoms with Gasteiger partial charge in [-0.15, -0.1) is 0 Å². The van der Waals surface area contributed by atoms with Crippen molar-refractivity contribution in [1.29, 1.82) is 0 Å². The molecule has 4 N–H and O–H groups in total. The number of urea groups is 1. The van der Waals surface area contributed by atoms with E-state index >= 15 is 0 Å². The normalized spacial score (nSPS) is 25.8. The monoisotopic (exact) mass is 379 g/mol. The van der Waals surface area contributed by atoms with Crippen LogP contribution in [0.4, 0.5) is 4.79 Å². The number of nitrogens with one attached hydrogen (secondary N) is 3. The Kier molecular flexibility index (Phi) is 8.73. The van der Waals surface area contributed by atoms with Crippen molar-refractivity contribution >= 4 is 12.2 Å². The number of hydrogen-bond acceptors (Lipinski definition) is 5. The summed E-state index contributed by atoms with van der Waals surface area (Å²) in [6.07, 6.45) is 10.8. The van der Waals surface area contributed by atoms with Gasteiger partial charge >= 0.3 is 6.03 Å². The first kappa shape index (κ1) is 21.9. The molecular weight excluding hydrogens is 342 g/mol. The van der Waals surface area contributed by atoms with Gasteiger partial charge in [-0.25, -0.2) is 4.79 Å². The molecule has 2 atom stereocenters. The molecule has 2 aliphatic rings. The predicted molar refractivity (Wildman–Crippen MR) is 109 cm³/mol. The lowest BCUT2D eigenvalue weighted by atomic mass is 9.76. The van der Waals surface area contributed by atoms with Crippen LogP contribution in [0.3, 0.4) is 0 Å². The van der Waals surface area contributed by atoms with Gasteiger partial charge in [0.1, 0.15) is 0 Å². The van der Waals surface area contributed by atoms with Gasteiger partial charge in [0.05, 0.1) is 11.6 Å². The Morgan fingerprint density at radius 1 is 1.37 bits per heavy atom. The first-order chi connectivity index (χ1) is 13.1. The zero-order valence-electron chi connectivity index (χ0n) is 17.2. The van der Waals surface area contributed by atoms with Crippen molar-refractivity contribution in [3.8, 4) is 0 Å². The molecule has 2 heterocycles. The third-order valence-corrected chi connectivity index (χ3v) is 6.02. The standard InChI is InChI=1S/C20H37N5O2/c1-4-5-6-7-8-9-10-17-16(2)20(24-27,11-12-23-17)18-15-22-13-14-25(18)19(26)21-3/h12,18,22,24,27H,4-11,13-15H2,1-3H3,(H,21,26)/t18-,20+/m1/s1. The van der Waals surface area contributed by atoms with E-state index in [1.54, 1.807) is 7.05 Å². The molecule has 0 aromatic carbocycles. The van der Waals surface area contributed by atoms with E-state index in [9.17, 15) is 10.0 Å². The van der Waals surface area contributed by atoms with Crippen LogP contribution in [0, 0.1) is 0 Å². The summed E-state index contributed by atoms with van der Waals surface area (Å²) >= 11 is 0. The molecular formula is C20H37N5O2. The van der Waals surface area contributed by atoms with Crippen LogP contribution in [0.1, 0.15) is 65.2 Å². The Morgan fingerprint density at radius 3 is 2.81 bits per heavy atom. The highest BCUT2D eigenvalue weighted by molar-refractivity contribution is 5.75. The first-order valence-corrected chi connectivity index (χ1v) is 10.4. The fourth-order valence-corrected chi connectivity index (χ4v) is 4.25. The van der Waals surface area contributed by atoms with Crippen LogP contribution in [0.2, 0.25) is 0 Å². The maximum Gasteiger partial charge on any atom is 0.317 e. The van der Waals surface area contributed by atoms with Crippen LogP contribution in [0.25, 0.3) is 0 Å². The van der Waals surface area contributed by atoms with E-state index in [1.807, 2.05) is 18.0 Å². The number of aliphatic imine (C=N–C) groups is 1. The fraction of sp³-hybridized carbons (Fsp3) is 0.800. The molecule has 2 rings (SSSR count). The highest BCUT2D eigenvalue weighted by Crippen LogP contribution is 2.35. The first-order valence-electron chi connectivity index (χ1n) is 10.4. The van der Waals surface area contributed by atoms with E-state index in [-0.39, 0.29) is 12.1 Å². The molecule has 0 spiro atoms. The maximum atomic E-state index is 12.4. The molecule has 0 bridgehead atoms. The smallest absolute Gasteiger partial charge is 0.317 e. The van der Waals surface area contributed by atoms with Crippen molar-refractivity contribution in [2.24, 2.45) is 4.99 Å². The van der Waals surface area contributed by atoms with Crippen LogP contribution in [0.5, 0.6) is 0 Å². The molecule has 1 saturated heterocycles. The third kappa shape index (κ3) is 5.09. The van der Waals surface area contributed by atoms with Crippen LogP contribution in [-0.2, 0) is 0 Å². The number of nitrogens with zero attached hydrogens (tertiary/aromatic N) is 2. The average Bonchev–Trinajstić information content (AvgIpc) is 2.71. The molecule has 154 valence electrons. The van der Waals surface area contributed by atoms with Gasteiger partial charge in [0.2, 0.25) is 0 Å². The van der Waals surface area contributed by atoms with Gasteiger partial charge in [-0.05, 0) is 25.3 Å². The molecule has 0 aromatic rings. The lowest BCUT2D eigenvalue weighted by Gasteiger charge is -2.49. The van der Waals surface area contributed by atoms with E-state index in [0.717, 1.165) is 30.7 Å². The minimum absolute atomic E-state index is 0.107. The Bertz CT molecular complexity index is 548. The topological polar surface area (TPSA) is 89.0 Å². The summed E-state index contributed by atoms with van der Waals surface area (Å²) in [5.41, 5.74) is 3.98. The zero-order chi connectivity index (χ0) is 19.7. The molecule has 0 radical (unpaired) electrons. The molecule has 0 unspecified atom stereocenters. The lowest BCUT2D eigenvalue weighted by molar-refractivity contribution is 0.0209. The summed E-state index contributed by atoms with van der Waals surface area (Å²) in [4.78, 5) is 18.9. The molecule has 7 nitrogen and oxygen atoms in total. The van der Waals surface area contributed by atoms with Crippen LogP contribution in [-0.4, -0.2) is 60.6 Å². The van der Waals surface area contributed by atoms with Crippen molar-refractivity contribution < 1.29 is 10.0 Å². The Hall–Kier alpha value is -1.44. The minimum Gasteiger partial charge on any atom is -0.341 e. The number of hydrogen-bond donors (Lipinski definition) is 4. The molecule has 27 heavy (non-hydrogen) atoms. The number of hydroxylamine groups is 1. The minimum atomic E-state index is -0.695. The summed E-state index contributed by atoms with van der Waals surface area (Å²) in [6, 6.07) is -0.286. The lowest BCUT2D eigenvalue weighted by Crippen LogP contribution is -2.69. The van der Waals surface area contributed by atoms with Crippen LogP contribution >= 0.6 is 0 Å². The van der Waals surface area contributed by atoms with Crippen LogP contribution in [0.15, 0.2) is 16.3 Å². The van der Waals surface area contributed by atoms with Gasteiger partial charge in [-0.2, -0.15) is 5.48 Å². The number of carbonyl (C=O) groups is 1. The van der Waals surface area contributed by atoms with Crippen molar-refractivity contribution in [2.45, 2.75) is 76.8 Å². The van der Waals surface area contributed by atoms with E-state index < -0.39 is 5.54 Å². The van der Waals surface area contributed by atoms with Gasteiger partial charge in [-0.1, -0.05) is 39.0 Å². The predicted octanol–water partition coefficient (Wildman–Crippen LogP) is 2.82. The second-order valence-corrected chi connectivity index (χ2v) is 7.66. The summed E-state index contributed by atoms with van der Waals surface area (Å²) in [6.45, 7) is 6.28. The summed E-state index contributed by atoms with van der Waals surface area (Å²) in [7, 11) is 1.65. The highest BCUT2D eigenvalue weighted by Gasteiger charge is 2.47. The summed E-state index contributed by atoms with van der Waals surface area (Å²) in [5, 5.41) is 16.3. The van der Waals surface area contributed by atoms with Crippen molar-refractivity contribution in [3.63, 3.8) is 0 Å². The number of allylic oxidation sites excluding steroid dienone is 1. The molecule has 7 heteroatoms. The highest BCUT2D eigenvalue weighted by atomic mass is 16.5. The second-order valence-electron chi connectivity index (χ2n) is 7.66. The van der Waals surface area contributed by atoms with Gasteiger partial charge in [0.15, 0.2) is 0 Å². The van der Waals surface area contributed by atoms with E-state index in [1.165, 1.54) is 32.1 Å². The quantitative estimate of drug-likeness (QED) is 0.366. The van der Waals surface area contributed by atoms with Crippen molar-refractivity contribution in [3.05, 3.63) is 11.3 Å². The molecule has 1 fully saturated rings. The van der Waals surface area contributed by atoms with Crippen LogP contribution < -0.4 is 16.1 Å². The number of rotatable bonds is 9. The van der Waals surface area contributed by atoms with Crippen molar-refractivity contribution in [2.75, 3.05) is 26.7 Å². The van der Waals surface area contributed by atoms with Crippen molar-refractivity contribution in [1.82, 2.24) is 21.0 Å². The van der Waals surface area contributed by atoms with E-state index in [4.69, 9.17) is 0 Å². The SMILES string of the molecule is CCCCCCCCC1=C(C)[C@](NO)([C@H]2CNCCN2C(=O)NC)CC=N1.